The van der Waals surface area contributed by atoms with Crippen LogP contribution in [0.25, 0.3) is 22.2 Å². The number of nitrogens with zero attached hydrogens (tertiary/aromatic N) is 5. The SMILES string of the molecule is CN(C(=O)CO)C1CCN(Cc2ccc3cc(Oc4ccc(-c5ccn[nH]5)cn4)ccc3n2)C1. The number of amides is 1. The van der Waals surface area contributed by atoms with E-state index < -0.39 is 6.61 Å². The predicted molar refractivity (Wildman–Crippen MR) is 127 cm³/mol. The van der Waals surface area contributed by atoms with E-state index in [1.54, 1.807) is 24.3 Å². The first-order valence-corrected chi connectivity index (χ1v) is 11.2. The predicted octanol–water partition coefficient (Wildman–Crippen LogP) is 2.84. The van der Waals surface area contributed by atoms with Crippen molar-refractivity contribution in [3.05, 3.63) is 66.6 Å². The Bertz CT molecular complexity index is 1280. The van der Waals surface area contributed by atoms with E-state index in [9.17, 15) is 4.79 Å². The van der Waals surface area contributed by atoms with Gasteiger partial charge < -0.3 is 14.7 Å². The van der Waals surface area contributed by atoms with Crippen LogP contribution in [0.15, 0.2) is 60.9 Å². The summed E-state index contributed by atoms with van der Waals surface area (Å²) in [6.07, 6.45) is 4.35. The standard InChI is InChI=1S/C25H26N6O3/c1-30(25(33)16-32)20-9-11-31(15-20)14-19-4-2-17-12-21(5-6-22(17)28-19)34-24-7-3-18(13-26-24)23-8-10-27-29-23/h2-8,10,12-13,20,32H,9,11,14-16H2,1H3,(H,27,29). The molecule has 1 aliphatic rings. The number of hydrogen-bond acceptors (Lipinski definition) is 7. The number of likely N-dealkylation sites (tertiary alicyclic amines) is 1. The van der Waals surface area contributed by atoms with Gasteiger partial charge in [-0.3, -0.25) is 19.8 Å². The van der Waals surface area contributed by atoms with Crippen molar-refractivity contribution in [1.29, 1.82) is 0 Å². The van der Waals surface area contributed by atoms with Crippen molar-refractivity contribution in [1.82, 2.24) is 30.0 Å². The van der Waals surface area contributed by atoms with Gasteiger partial charge in [-0.2, -0.15) is 5.10 Å². The molecule has 0 saturated carbocycles. The lowest BCUT2D eigenvalue weighted by atomic mass is 10.2. The summed E-state index contributed by atoms with van der Waals surface area (Å²) >= 11 is 0. The van der Waals surface area contributed by atoms with Crippen LogP contribution in [0.1, 0.15) is 12.1 Å². The Labute approximate surface area is 197 Å². The number of carbonyl (C=O) groups excluding carboxylic acids is 1. The Hall–Kier alpha value is -3.82. The zero-order chi connectivity index (χ0) is 23.5. The Balaban J connectivity index is 1.23. The van der Waals surface area contributed by atoms with Crippen LogP contribution in [0.4, 0.5) is 0 Å². The second-order valence-corrected chi connectivity index (χ2v) is 8.45. The van der Waals surface area contributed by atoms with E-state index in [-0.39, 0.29) is 11.9 Å². The van der Waals surface area contributed by atoms with Crippen molar-refractivity contribution >= 4 is 16.8 Å². The minimum Gasteiger partial charge on any atom is -0.439 e. The Morgan fingerprint density at radius 2 is 2.15 bits per heavy atom. The zero-order valence-corrected chi connectivity index (χ0v) is 18.9. The minimum atomic E-state index is -0.447. The monoisotopic (exact) mass is 458 g/mol. The van der Waals surface area contributed by atoms with Gasteiger partial charge in [0.1, 0.15) is 12.4 Å². The summed E-state index contributed by atoms with van der Waals surface area (Å²) < 4.78 is 5.94. The largest absolute Gasteiger partial charge is 0.439 e. The molecule has 1 aliphatic heterocycles. The third kappa shape index (κ3) is 4.75. The number of benzene rings is 1. The van der Waals surface area contributed by atoms with Crippen LogP contribution < -0.4 is 4.74 Å². The van der Waals surface area contributed by atoms with Crippen LogP contribution in [-0.4, -0.2) is 73.8 Å². The molecule has 0 radical (unpaired) electrons. The smallest absolute Gasteiger partial charge is 0.248 e. The van der Waals surface area contributed by atoms with Gasteiger partial charge in [0.15, 0.2) is 0 Å². The van der Waals surface area contributed by atoms with Gasteiger partial charge in [-0.05, 0) is 42.8 Å². The lowest BCUT2D eigenvalue weighted by Crippen LogP contribution is -2.40. The molecule has 9 nitrogen and oxygen atoms in total. The number of aromatic amines is 1. The number of hydrogen-bond donors (Lipinski definition) is 2. The van der Waals surface area contributed by atoms with Gasteiger partial charge >= 0.3 is 0 Å². The number of aromatic nitrogens is 4. The summed E-state index contributed by atoms with van der Waals surface area (Å²) in [5.74, 6) is 0.973. The zero-order valence-electron chi connectivity index (χ0n) is 18.9. The van der Waals surface area contributed by atoms with E-state index in [0.29, 0.717) is 11.6 Å². The summed E-state index contributed by atoms with van der Waals surface area (Å²) in [4.78, 5) is 24.9. The first-order valence-electron chi connectivity index (χ1n) is 11.2. The molecule has 0 bridgehead atoms. The van der Waals surface area contributed by atoms with Gasteiger partial charge in [-0.25, -0.2) is 4.98 Å². The molecule has 4 heterocycles. The molecular formula is C25H26N6O3. The molecule has 1 amide bonds. The van der Waals surface area contributed by atoms with Crippen molar-refractivity contribution in [3.8, 4) is 22.9 Å². The lowest BCUT2D eigenvalue weighted by molar-refractivity contribution is -0.134. The van der Waals surface area contributed by atoms with Crippen LogP contribution >= 0.6 is 0 Å². The molecule has 1 atom stereocenters. The summed E-state index contributed by atoms with van der Waals surface area (Å²) in [5.41, 5.74) is 3.72. The highest BCUT2D eigenvalue weighted by atomic mass is 16.5. The maximum atomic E-state index is 11.7. The summed E-state index contributed by atoms with van der Waals surface area (Å²) in [7, 11) is 1.75. The fourth-order valence-electron chi connectivity index (χ4n) is 4.25. The van der Waals surface area contributed by atoms with Crippen LogP contribution in [-0.2, 0) is 11.3 Å². The number of aliphatic hydroxyl groups is 1. The second-order valence-electron chi connectivity index (χ2n) is 8.45. The van der Waals surface area contributed by atoms with Crippen LogP contribution in [0.3, 0.4) is 0 Å². The van der Waals surface area contributed by atoms with Crippen molar-refractivity contribution in [2.45, 2.75) is 19.0 Å². The number of fused-ring (bicyclic) bond motifs is 1. The number of aliphatic hydroxyl groups excluding tert-OH is 1. The molecule has 9 heteroatoms. The molecule has 1 fully saturated rings. The molecule has 2 N–H and O–H groups in total. The molecule has 0 spiro atoms. The third-order valence-electron chi connectivity index (χ3n) is 6.20. The number of H-pyrrole nitrogens is 1. The molecule has 1 unspecified atom stereocenters. The van der Waals surface area contributed by atoms with Gasteiger partial charge in [-0.1, -0.05) is 6.07 Å². The topological polar surface area (TPSA) is 107 Å². The number of nitrogens with one attached hydrogen (secondary N) is 1. The average molecular weight is 459 g/mol. The van der Waals surface area contributed by atoms with Gasteiger partial charge in [0.05, 0.1) is 16.9 Å². The van der Waals surface area contributed by atoms with Crippen molar-refractivity contribution < 1.29 is 14.6 Å². The first-order chi connectivity index (χ1) is 16.6. The maximum absolute atomic E-state index is 11.7. The molecule has 1 aromatic carbocycles. The van der Waals surface area contributed by atoms with Crippen LogP contribution in [0.2, 0.25) is 0 Å². The van der Waals surface area contributed by atoms with Crippen LogP contribution in [0.5, 0.6) is 11.6 Å². The van der Waals surface area contributed by atoms with Gasteiger partial charge in [0.2, 0.25) is 11.8 Å². The summed E-state index contributed by atoms with van der Waals surface area (Å²) in [6.45, 7) is 1.95. The summed E-state index contributed by atoms with van der Waals surface area (Å²) in [5, 5.41) is 16.9. The number of ether oxygens (including phenoxy) is 1. The van der Waals surface area contributed by atoms with E-state index >= 15 is 0 Å². The molecule has 174 valence electrons. The highest BCUT2D eigenvalue weighted by Gasteiger charge is 2.28. The Kier molecular flexibility index (Phi) is 6.20. The normalized spacial score (nSPS) is 16.1. The second kappa shape index (κ2) is 9.58. The van der Waals surface area contributed by atoms with Crippen molar-refractivity contribution in [3.63, 3.8) is 0 Å². The molecule has 5 rings (SSSR count). The molecular weight excluding hydrogens is 432 g/mol. The molecule has 3 aromatic heterocycles. The Morgan fingerprint density at radius 1 is 1.24 bits per heavy atom. The van der Waals surface area contributed by atoms with Gasteiger partial charge in [0, 0.05) is 62.1 Å². The van der Waals surface area contributed by atoms with E-state index in [2.05, 4.69) is 20.1 Å². The first kappa shape index (κ1) is 22.0. The fourth-order valence-corrected chi connectivity index (χ4v) is 4.25. The fraction of sp³-hybridized carbons (Fsp3) is 0.280. The van der Waals surface area contributed by atoms with E-state index in [0.717, 1.165) is 53.9 Å². The average Bonchev–Trinajstić information content (AvgIpc) is 3.56. The Morgan fingerprint density at radius 3 is 2.91 bits per heavy atom. The van der Waals surface area contributed by atoms with E-state index in [1.807, 2.05) is 48.5 Å². The van der Waals surface area contributed by atoms with E-state index in [4.69, 9.17) is 14.8 Å². The lowest BCUT2D eigenvalue weighted by Gasteiger charge is -2.24. The number of rotatable bonds is 7. The number of carbonyl (C=O) groups is 1. The highest BCUT2D eigenvalue weighted by molar-refractivity contribution is 5.80. The summed E-state index contributed by atoms with van der Waals surface area (Å²) in [6, 6.07) is 15.7. The molecule has 34 heavy (non-hydrogen) atoms. The van der Waals surface area contributed by atoms with Crippen LogP contribution in [0, 0.1) is 0 Å². The van der Waals surface area contributed by atoms with Gasteiger partial charge in [0.25, 0.3) is 0 Å². The molecule has 1 saturated heterocycles. The minimum absolute atomic E-state index is 0.127. The van der Waals surface area contributed by atoms with E-state index in [1.165, 1.54) is 0 Å². The number of likely N-dealkylation sites (N-methyl/N-ethyl adjacent to an activating group) is 1. The third-order valence-corrected chi connectivity index (χ3v) is 6.20. The number of pyridine rings is 2. The molecule has 0 aliphatic carbocycles. The molecule has 4 aromatic rings. The van der Waals surface area contributed by atoms with Crippen molar-refractivity contribution in [2.24, 2.45) is 0 Å². The van der Waals surface area contributed by atoms with Crippen molar-refractivity contribution in [2.75, 3.05) is 26.7 Å². The highest BCUT2D eigenvalue weighted by Crippen LogP contribution is 2.26. The maximum Gasteiger partial charge on any atom is 0.248 e. The van der Waals surface area contributed by atoms with Gasteiger partial charge in [-0.15, -0.1) is 0 Å². The quantitative estimate of drug-likeness (QED) is 0.438.